The van der Waals surface area contributed by atoms with Gasteiger partial charge in [-0.05, 0) is 37.1 Å². The van der Waals surface area contributed by atoms with Gasteiger partial charge in [-0.25, -0.2) is 4.39 Å². The summed E-state index contributed by atoms with van der Waals surface area (Å²) in [5.74, 6) is 1.63. The van der Waals surface area contributed by atoms with E-state index < -0.39 is 5.82 Å². The van der Waals surface area contributed by atoms with E-state index in [-0.39, 0.29) is 17.7 Å². The van der Waals surface area contributed by atoms with Crippen LogP contribution in [0.2, 0.25) is 0 Å². The van der Waals surface area contributed by atoms with E-state index in [1.54, 1.807) is 18.2 Å². The Kier molecular flexibility index (Phi) is 5.91. The number of hydrogen-bond donors (Lipinski definition) is 1. The van der Waals surface area contributed by atoms with Crippen LogP contribution in [-0.4, -0.2) is 54.2 Å². The summed E-state index contributed by atoms with van der Waals surface area (Å²) in [5.41, 5.74) is 0.246. The maximum Gasteiger partial charge on any atom is 0.238 e. The van der Waals surface area contributed by atoms with Gasteiger partial charge in [0, 0.05) is 24.9 Å². The summed E-state index contributed by atoms with van der Waals surface area (Å²) in [5, 5.41) is 2.69. The summed E-state index contributed by atoms with van der Waals surface area (Å²) in [6.07, 6.45) is 3.48. The van der Waals surface area contributed by atoms with Gasteiger partial charge in [-0.15, -0.1) is 0 Å². The zero-order chi connectivity index (χ0) is 16.1. The Morgan fingerprint density at radius 3 is 2.96 bits per heavy atom. The number of nitrogens with zero attached hydrogens (tertiary/aromatic N) is 1. The molecule has 4 nitrogen and oxygen atoms in total. The highest BCUT2D eigenvalue weighted by Crippen LogP contribution is 2.24. The predicted molar refractivity (Wildman–Crippen MR) is 91.3 cm³/mol. The third-order valence-electron chi connectivity index (χ3n) is 4.38. The number of thioether (sulfide) groups is 1. The summed E-state index contributed by atoms with van der Waals surface area (Å²) in [6, 6.07) is 6.69. The van der Waals surface area contributed by atoms with Gasteiger partial charge in [0.25, 0.3) is 0 Å². The van der Waals surface area contributed by atoms with Crippen molar-refractivity contribution in [2.45, 2.75) is 31.4 Å². The van der Waals surface area contributed by atoms with Gasteiger partial charge >= 0.3 is 0 Å². The lowest BCUT2D eigenvalue weighted by molar-refractivity contribution is -0.118. The van der Waals surface area contributed by atoms with Crippen LogP contribution in [0.4, 0.5) is 10.1 Å². The highest BCUT2D eigenvalue weighted by molar-refractivity contribution is 7.99. The minimum atomic E-state index is -0.400. The number of halogens is 1. The quantitative estimate of drug-likeness (QED) is 0.866. The van der Waals surface area contributed by atoms with Crippen molar-refractivity contribution < 1.29 is 13.9 Å². The molecule has 2 unspecified atom stereocenters. The Labute approximate surface area is 140 Å². The van der Waals surface area contributed by atoms with Crippen molar-refractivity contribution in [3.8, 4) is 0 Å². The molecular weight excluding hydrogens is 315 g/mol. The van der Waals surface area contributed by atoms with Gasteiger partial charge in [0.2, 0.25) is 5.91 Å². The Balaban J connectivity index is 1.60. The molecule has 2 aliphatic heterocycles. The molecule has 2 fully saturated rings. The SMILES string of the molecule is O=C(CN(CC1CCCO1)C1CCSC1)Nc1ccccc1F. The lowest BCUT2D eigenvalue weighted by atomic mass is 10.1. The van der Waals surface area contributed by atoms with E-state index in [4.69, 9.17) is 4.74 Å². The van der Waals surface area contributed by atoms with Crippen molar-refractivity contribution in [3.05, 3.63) is 30.1 Å². The van der Waals surface area contributed by atoms with Gasteiger partial charge in [-0.3, -0.25) is 9.69 Å². The Bertz CT molecular complexity index is 531. The van der Waals surface area contributed by atoms with Crippen LogP contribution in [0.25, 0.3) is 0 Å². The standard InChI is InChI=1S/C17H23FN2O2S/c18-15-5-1-2-6-16(15)19-17(21)11-20(13-7-9-23-12-13)10-14-4-3-8-22-14/h1-2,5-6,13-14H,3-4,7-12H2,(H,19,21). The minimum absolute atomic E-state index is 0.162. The van der Waals surface area contributed by atoms with Crippen molar-refractivity contribution in [1.82, 2.24) is 4.90 Å². The number of benzene rings is 1. The molecule has 0 bridgehead atoms. The summed E-state index contributed by atoms with van der Waals surface area (Å²) in [7, 11) is 0. The normalized spacial score (nSPS) is 24.3. The molecule has 0 saturated carbocycles. The van der Waals surface area contributed by atoms with Gasteiger partial charge < -0.3 is 10.1 Å². The van der Waals surface area contributed by atoms with Gasteiger partial charge in [0.1, 0.15) is 5.82 Å². The van der Waals surface area contributed by atoms with Crippen molar-refractivity contribution in [3.63, 3.8) is 0 Å². The molecule has 1 aromatic rings. The molecule has 1 amide bonds. The Hall–Kier alpha value is -1.11. The van der Waals surface area contributed by atoms with Gasteiger partial charge in [-0.2, -0.15) is 11.8 Å². The monoisotopic (exact) mass is 338 g/mol. The Morgan fingerprint density at radius 2 is 2.26 bits per heavy atom. The molecule has 6 heteroatoms. The lowest BCUT2D eigenvalue weighted by Crippen LogP contribution is -2.44. The van der Waals surface area contributed by atoms with Crippen LogP contribution in [0, 0.1) is 5.82 Å². The van der Waals surface area contributed by atoms with Crippen LogP contribution in [-0.2, 0) is 9.53 Å². The third kappa shape index (κ3) is 4.68. The first-order valence-electron chi connectivity index (χ1n) is 8.20. The van der Waals surface area contributed by atoms with Crippen LogP contribution in [0.5, 0.6) is 0 Å². The zero-order valence-electron chi connectivity index (χ0n) is 13.2. The fourth-order valence-electron chi connectivity index (χ4n) is 3.14. The molecule has 1 aromatic carbocycles. The maximum absolute atomic E-state index is 13.7. The average molecular weight is 338 g/mol. The highest BCUT2D eigenvalue weighted by Gasteiger charge is 2.28. The van der Waals surface area contributed by atoms with E-state index in [0.29, 0.717) is 12.6 Å². The number of hydrogen-bond acceptors (Lipinski definition) is 4. The van der Waals surface area contributed by atoms with Gasteiger partial charge in [-0.1, -0.05) is 12.1 Å². The second-order valence-electron chi connectivity index (χ2n) is 6.11. The predicted octanol–water partition coefficient (Wildman–Crippen LogP) is 2.75. The van der Waals surface area contributed by atoms with Gasteiger partial charge in [0.15, 0.2) is 0 Å². The summed E-state index contributed by atoms with van der Waals surface area (Å²) in [6.45, 7) is 1.90. The molecule has 0 radical (unpaired) electrons. The van der Waals surface area contributed by atoms with Crippen LogP contribution in [0.1, 0.15) is 19.3 Å². The fourth-order valence-corrected chi connectivity index (χ4v) is 4.39. The third-order valence-corrected chi connectivity index (χ3v) is 5.52. The Morgan fingerprint density at radius 1 is 1.39 bits per heavy atom. The lowest BCUT2D eigenvalue weighted by Gasteiger charge is -2.29. The van der Waals surface area contributed by atoms with E-state index in [1.807, 2.05) is 11.8 Å². The molecule has 2 heterocycles. The van der Waals surface area contributed by atoms with E-state index >= 15 is 0 Å². The van der Waals surface area contributed by atoms with E-state index in [2.05, 4.69) is 10.2 Å². The number of para-hydroxylation sites is 1. The van der Waals surface area contributed by atoms with E-state index in [9.17, 15) is 9.18 Å². The minimum Gasteiger partial charge on any atom is -0.377 e. The second kappa shape index (κ2) is 8.13. The van der Waals surface area contributed by atoms with Crippen LogP contribution >= 0.6 is 11.8 Å². The molecule has 3 rings (SSSR count). The summed E-state index contributed by atoms with van der Waals surface area (Å²) < 4.78 is 19.4. The summed E-state index contributed by atoms with van der Waals surface area (Å²) in [4.78, 5) is 14.6. The molecular formula is C17H23FN2O2S. The number of carbonyl (C=O) groups excluding carboxylic acids is 1. The number of anilines is 1. The zero-order valence-corrected chi connectivity index (χ0v) is 14.0. The molecule has 0 aliphatic carbocycles. The summed E-state index contributed by atoms with van der Waals surface area (Å²) >= 11 is 1.93. The van der Waals surface area contributed by atoms with Crippen molar-refractivity contribution >= 4 is 23.4 Å². The van der Waals surface area contributed by atoms with Crippen LogP contribution in [0.3, 0.4) is 0 Å². The van der Waals surface area contributed by atoms with Crippen molar-refractivity contribution in [2.75, 3.05) is 36.5 Å². The second-order valence-corrected chi connectivity index (χ2v) is 7.26. The molecule has 2 aliphatic rings. The molecule has 1 N–H and O–H groups in total. The van der Waals surface area contributed by atoms with Crippen LogP contribution < -0.4 is 5.32 Å². The van der Waals surface area contributed by atoms with Crippen LogP contribution in [0.15, 0.2) is 24.3 Å². The first kappa shape index (κ1) is 16.7. The highest BCUT2D eigenvalue weighted by atomic mass is 32.2. The smallest absolute Gasteiger partial charge is 0.238 e. The van der Waals surface area contributed by atoms with Crippen molar-refractivity contribution in [1.29, 1.82) is 0 Å². The molecule has 23 heavy (non-hydrogen) atoms. The fraction of sp³-hybridized carbons (Fsp3) is 0.588. The largest absolute Gasteiger partial charge is 0.377 e. The topological polar surface area (TPSA) is 41.6 Å². The van der Waals surface area contributed by atoms with E-state index in [1.165, 1.54) is 6.07 Å². The number of amides is 1. The molecule has 0 spiro atoms. The number of ether oxygens (including phenoxy) is 1. The van der Waals surface area contributed by atoms with E-state index in [0.717, 1.165) is 43.9 Å². The first-order chi connectivity index (χ1) is 11.2. The number of carbonyl (C=O) groups is 1. The van der Waals surface area contributed by atoms with Gasteiger partial charge in [0.05, 0.1) is 18.3 Å². The number of nitrogens with one attached hydrogen (secondary N) is 1. The number of rotatable bonds is 6. The molecule has 126 valence electrons. The van der Waals surface area contributed by atoms with Crippen molar-refractivity contribution in [2.24, 2.45) is 0 Å². The maximum atomic E-state index is 13.7. The molecule has 2 atom stereocenters. The first-order valence-corrected chi connectivity index (χ1v) is 9.35. The molecule has 0 aromatic heterocycles. The average Bonchev–Trinajstić information content (AvgIpc) is 3.22. The molecule has 2 saturated heterocycles.